The van der Waals surface area contributed by atoms with E-state index in [1.165, 1.54) is 0 Å². The number of nitrogens with one attached hydrogen (secondary N) is 1. The summed E-state index contributed by atoms with van der Waals surface area (Å²) in [6, 6.07) is 6.63. The molecule has 1 heterocycles. The predicted octanol–water partition coefficient (Wildman–Crippen LogP) is 2.81. The van der Waals surface area contributed by atoms with Crippen LogP contribution in [0.1, 0.15) is 12.5 Å². The third-order valence-electron chi connectivity index (χ3n) is 3.24. The first-order valence-electron chi connectivity index (χ1n) is 6.79. The summed E-state index contributed by atoms with van der Waals surface area (Å²) < 4.78 is 50.9. The Balaban J connectivity index is 2.13. The molecular weight excluding hydrogens is 310 g/mol. The molecule has 2 rings (SSSR count). The van der Waals surface area contributed by atoms with Crippen molar-refractivity contribution in [1.82, 2.24) is 4.98 Å². The number of pyridine rings is 1. The molecule has 0 aliphatic rings. The fourth-order valence-corrected chi connectivity index (χ4v) is 3.24. The standard InChI is InChI=1S/C15H16F2N2O2S/c1-2-22(20,21)14-6-4-3-5-11(14)7-8-19-15-12(16)9-18-10-13(15)17/h3-6,9-10H,2,7-8H2,1H3,(H,18,19). The Morgan fingerprint density at radius 1 is 1.14 bits per heavy atom. The Labute approximate surface area is 128 Å². The molecule has 1 N–H and O–H groups in total. The van der Waals surface area contributed by atoms with Gasteiger partial charge in [-0.3, -0.25) is 4.98 Å². The van der Waals surface area contributed by atoms with Crippen LogP contribution >= 0.6 is 0 Å². The molecule has 0 aliphatic carbocycles. The second-order valence-electron chi connectivity index (χ2n) is 4.67. The van der Waals surface area contributed by atoms with Gasteiger partial charge in [-0.15, -0.1) is 0 Å². The van der Waals surface area contributed by atoms with Gasteiger partial charge in [-0.25, -0.2) is 17.2 Å². The SMILES string of the molecule is CCS(=O)(=O)c1ccccc1CCNc1c(F)cncc1F. The average molecular weight is 326 g/mol. The van der Waals surface area contributed by atoms with Gasteiger partial charge < -0.3 is 5.32 Å². The van der Waals surface area contributed by atoms with E-state index in [9.17, 15) is 17.2 Å². The summed E-state index contributed by atoms with van der Waals surface area (Å²) in [5.41, 5.74) is 0.359. The van der Waals surface area contributed by atoms with Gasteiger partial charge in [0.05, 0.1) is 23.0 Å². The summed E-state index contributed by atoms with van der Waals surface area (Å²) in [6.45, 7) is 1.78. The van der Waals surface area contributed by atoms with Crippen LogP contribution < -0.4 is 5.32 Å². The molecular formula is C15H16F2N2O2S. The number of aromatic nitrogens is 1. The van der Waals surface area contributed by atoms with Gasteiger partial charge in [0.25, 0.3) is 0 Å². The fourth-order valence-electron chi connectivity index (χ4n) is 2.07. The lowest BCUT2D eigenvalue weighted by molar-refractivity contribution is 0.577. The Morgan fingerprint density at radius 2 is 1.77 bits per heavy atom. The molecule has 0 radical (unpaired) electrons. The van der Waals surface area contributed by atoms with Crippen LogP contribution in [0.5, 0.6) is 0 Å². The molecule has 0 unspecified atom stereocenters. The molecule has 22 heavy (non-hydrogen) atoms. The molecule has 7 heteroatoms. The second-order valence-corrected chi connectivity index (χ2v) is 6.91. The van der Waals surface area contributed by atoms with Crippen LogP contribution in [0.4, 0.5) is 14.5 Å². The Morgan fingerprint density at radius 3 is 2.41 bits per heavy atom. The number of hydrogen-bond donors (Lipinski definition) is 1. The maximum atomic E-state index is 13.4. The van der Waals surface area contributed by atoms with E-state index in [1.807, 2.05) is 0 Å². The largest absolute Gasteiger partial charge is 0.380 e. The minimum Gasteiger partial charge on any atom is -0.380 e. The minimum atomic E-state index is -3.33. The van der Waals surface area contributed by atoms with Gasteiger partial charge in [0, 0.05) is 6.54 Å². The van der Waals surface area contributed by atoms with Crippen LogP contribution in [0.25, 0.3) is 0 Å². The van der Waals surface area contributed by atoms with Crippen LogP contribution in [-0.2, 0) is 16.3 Å². The highest BCUT2D eigenvalue weighted by molar-refractivity contribution is 7.91. The summed E-state index contributed by atoms with van der Waals surface area (Å²) in [4.78, 5) is 3.66. The number of rotatable bonds is 6. The summed E-state index contributed by atoms with van der Waals surface area (Å²) >= 11 is 0. The molecule has 0 saturated heterocycles. The van der Waals surface area contributed by atoms with Crippen molar-refractivity contribution in [2.75, 3.05) is 17.6 Å². The van der Waals surface area contributed by atoms with Crippen molar-refractivity contribution in [3.05, 3.63) is 53.9 Å². The van der Waals surface area contributed by atoms with Gasteiger partial charge in [-0.2, -0.15) is 0 Å². The summed E-state index contributed by atoms with van der Waals surface area (Å²) in [7, 11) is -3.33. The molecule has 0 amide bonds. The van der Waals surface area contributed by atoms with Crippen molar-refractivity contribution in [2.45, 2.75) is 18.2 Å². The van der Waals surface area contributed by atoms with Gasteiger partial charge in [0.1, 0.15) is 5.69 Å². The molecule has 0 aliphatic heterocycles. The van der Waals surface area contributed by atoms with Gasteiger partial charge in [0.2, 0.25) is 0 Å². The highest BCUT2D eigenvalue weighted by Gasteiger charge is 2.16. The summed E-state index contributed by atoms with van der Waals surface area (Å²) in [5.74, 6) is -1.56. The first kappa shape index (κ1) is 16.4. The lowest BCUT2D eigenvalue weighted by Gasteiger charge is -2.11. The molecule has 0 fully saturated rings. The zero-order valence-electron chi connectivity index (χ0n) is 12.0. The monoisotopic (exact) mass is 326 g/mol. The molecule has 2 aromatic rings. The van der Waals surface area contributed by atoms with Crippen molar-refractivity contribution in [3.8, 4) is 0 Å². The zero-order chi connectivity index (χ0) is 16.2. The van der Waals surface area contributed by atoms with E-state index in [1.54, 1.807) is 31.2 Å². The third kappa shape index (κ3) is 3.59. The average Bonchev–Trinajstić information content (AvgIpc) is 2.50. The zero-order valence-corrected chi connectivity index (χ0v) is 12.8. The van der Waals surface area contributed by atoms with E-state index in [4.69, 9.17) is 0 Å². The number of benzene rings is 1. The predicted molar refractivity (Wildman–Crippen MR) is 80.5 cm³/mol. The van der Waals surface area contributed by atoms with Gasteiger partial charge in [-0.1, -0.05) is 25.1 Å². The van der Waals surface area contributed by atoms with Crippen LogP contribution in [0.15, 0.2) is 41.6 Å². The molecule has 0 bridgehead atoms. The Bertz CT molecular complexity index is 744. The quantitative estimate of drug-likeness (QED) is 0.887. The maximum Gasteiger partial charge on any atom is 0.178 e. The lowest BCUT2D eigenvalue weighted by Crippen LogP contribution is -2.12. The molecule has 1 aromatic carbocycles. The number of anilines is 1. The number of halogens is 2. The summed E-state index contributed by atoms with van der Waals surface area (Å²) in [6.07, 6.45) is 2.17. The smallest absolute Gasteiger partial charge is 0.178 e. The van der Waals surface area contributed by atoms with Crippen LogP contribution in [0.2, 0.25) is 0 Å². The van der Waals surface area contributed by atoms with Crippen LogP contribution in [0.3, 0.4) is 0 Å². The maximum absolute atomic E-state index is 13.4. The van der Waals surface area contributed by atoms with Crippen molar-refractivity contribution in [1.29, 1.82) is 0 Å². The van der Waals surface area contributed by atoms with Crippen molar-refractivity contribution >= 4 is 15.5 Å². The number of sulfone groups is 1. The van der Waals surface area contributed by atoms with E-state index in [2.05, 4.69) is 10.3 Å². The molecule has 4 nitrogen and oxygen atoms in total. The Hall–Kier alpha value is -2.02. The highest BCUT2D eigenvalue weighted by atomic mass is 32.2. The highest BCUT2D eigenvalue weighted by Crippen LogP contribution is 2.19. The fraction of sp³-hybridized carbons (Fsp3) is 0.267. The summed E-state index contributed by atoms with van der Waals surface area (Å²) in [5, 5.41) is 2.64. The molecule has 0 saturated carbocycles. The van der Waals surface area contributed by atoms with Crippen molar-refractivity contribution in [2.24, 2.45) is 0 Å². The van der Waals surface area contributed by atoms with Gasteiger partial charge >= 0.3 is 0 Å². The van der Waals surface area contributed by atoms with E-state index in [-0.39, 0.29) is 22.9 Å². The number of nitrogens with zero attached hydrogens (tertiary/aromatic N) is 1. The van der Waals surface area contributed by atoms with E-state index in [0.717, 1.165) is 12.4 Å². The minimum absolute atomic E-state index is 0.00501. The van der Waals surface area contributed by atoms with Crippen LogP contribution in [-0.4, -0.2) is 25.7 Å². The first-order chi connectivity index (χ1) is 10.5. The van der Waals surface area contributed by atoms with Crippen LogP contribution in [0, 0.1) is 11.6 Å². The first-order valence-corrected chi connectivity index (χ1v) is 8.44. The van der Waals surface area contributed by atoms with Gasteiger partial charge in [0.15, 0.2) is 21.5 Å². The number of hydrogen-bond acceptors (Lipinski definition) is 4. The Kier molecular flexibility index (Phi) is 5.07. The lowest BCUT2D eigenvalue weighted by atomic mass is 10.1. The van der Waals surface area contributed by atoms with E-state index >= 15 is 0 Å². The molecule has 118 valence electrons. The molecule has 0 atom stereocenters. The van der Waals surface area contributed by atoms with Crippen molar-refractivity contribution < 1.29 is 17.2 Å². The van der Waals surface area contributed by atoms with Crippen molar-refractivity contribution in [3.63, 3.8) is 0 Å². The van der Waals surface area contributed by atoms with E-state index < -0.39 is 21.5 Å². The van der Waals surface area contributed by atoms with E-state index in [0.29, 0.717) is 12.0 Å². The normalized spacial score (nSPS) is 11.4. The van der Waals surface area contributed by atoms with Gasteiger partial charge in [-0.05, 0) is 18.1 Å². The second kappa shape index (κ2) is 6.83. The molecule has 1 aromatic heterocycles. The molecule has 0 spiro atoms. The topological polar surface area (TPSA) is 59.1 Å². The third-order valence-corrected chi connectivity index (χ3v) is 5.07.